The van der Waals surface area contributed by atoms with Crippen LogP contribution in [0.25, 0.3) is 0 Å². The number of unbranched alkanes of at least 4 members (excludes halogenated alkanes) is 26. The van der Waals surface area contributed by atoms with Crippen LogP contribution < -0.4 is 0 Å². The van der Waals surface area contributed by atoms with Gasteiger partial charge < -0.3 is 34.3 Å². The number of esters is 2. The first-order valence-corrected chi connectivity index (χ1v) is 24.2. The second-order valence-electron chi connectivity index (χ2n) is 16.1. The van der Waals surface area contributed by atoms with Crippen molar-refractivity contribution < 1.29 is 56.8 Å². The fourth-order valence-electron chi connectivity index (χ4n) is 7.15. The Morgan fingerprint density at radius 2 is 0.911 bits per heavy atom. The van der Waals surface area contributed by atoms with Gasteiger partial charge in [0.25, 0.3) is 10.1 Å². The summed E-state index contributed by atoms with van der Waals surface area (Å²) in [4.78, 5) is 25.2. The molecule has 13 heteroatoms. The van der Waals surface area contributed by atoms with E-state index in [1.54, 1.807) is 0 Å². The Morgan fingerprint density at radius 1 is 0.536 bits per heavy atom. The van der Waals surface area contributed by atoms with E-state index in [1.165, 1.54) is 128 Å². The first-order valence-electron chi connectivity index (χ1n) is 22.6. The molecule has 6 atom stereocenters. The van der Waals surface area contributed by atoms with Gasteiger partial charge in [-0.2, -0.15) is 8.42 Å². The molecule has 1 heterocycles. The molecule has 12 nitrogen and oxygen atoms in total. The number of hydrogen-bond donors (Lipinski definition) is 4. The Hall–Kier alpha value is -1.35. The SMILES string of the molecule is CCCCCCCCCCCCCCCCCCCCCCCC(=O)O[C@H](COC(=O)CCCCCCCCC)CO[C@H]1O[C@H](CS(=O)(=O)O)[C@@H](O)C(O)C1O. The average Bonchev–Trinajstić information content (AvgIpc) is 3.16. The third-order valence-electron chi connectivity index (χ3n) is 10.7. The summed E-state index contributed by atoms with van der Waals surface area (Å²) in [7, 11) is -4.59. The zero-order chi connectivity index (χ0) is 41.3. The van der Waals surface area contributed by atoms with Gasteiger partial charge in [-0.1, -0.05) is 181 Å². The molecule has 0 saturated carbocycles. The van der Waals surface area contributed by atoms with Crippen LogP contribution in [0.4, 0.5) is 0 Å². The van der Waals surface area contributed by atoms with Crippen LogP contribution in [0, 0.1) is 0 Å². The molecule has 4 N–H and O–H groups in total. The highest BCUT2D eigenvalue weighted by molar-refractivity contribution is 7.85. The Morgan fingerprint density at radius 3 is 1.30 bits per heavy atom. The van der Waals surface area contributed by atoms with Crippen LogP contribution in [0.2, 0.25) is 0 Å². The van der Waals surface area contributed by atoms with Gasteiger partial charge in [0.1, 0.15) is 36.8 Å². The fraction of sp³-hybridized carbons (Fsp3) is 0.953. The van der Waals surface area contributed by atoms with Crippen molar-refractivity contribution in [2.75, 3.05) is 19.0 Å². The normalized spacial score (nSPS) is 20.6. The maximum atomic E-state index is 12.8. The summed E-state index contributed by atoms with van der Waals surface area (Å²) in [6.07, 6.45) is 24.7. The van der Waals surface area contributed by atoms with E-state index in [9.17, 15) is 37.9 Å². The Labute approximate surface area is 340 Å². The molecule has 56 heavy (non-hydrogen) atoms. The van der Waals surface area contributed by atoms with E-state index >= 15 is 0 Å². The third-order valence-corrected chi connectivity index (χ3v) is 11.4. The van der Waals surface area contributed by atoms with E-state index in [1.807, 2.05) is 0 Å². The highest BCUT2D eigenvalue weighted by Gasteiger charge is 2.46. The summed E-state index contributed by atoms with van der Waals surface area (Å²) in [5.41, 5.74) is 0. The molecule has 0 amide bonds. The van der Waals surface area contributed by atoms with Crippen molar-refractivity contribution in [3.63, 3.8) is 0 Å². The van der Waals surface area contributed by atoms with Crippen molar-refractivity contribution in [2.45, 2.75) is 243 Å². The average molecular weight is 823 g/mol. The number of carbonyl (C=O) groups excluding carboxylic acids is 2. The number of rotatable bonds is 38. The van der Waals surface area contributed by atoms with Crippen molar-refractivity contribution in [1.29, 1.82) is 0 Å². The highest BCUT2D eigenvalue weighted by atomic mass is 32.2. The summed E-state index contributed by atoms with van der Waals surface area (Å²) in [6.45, 7) is 3.72. The second-order valence-corrected chi connectivity index (χ2v) is 17.6. The molecular formula is C43H82O12S. The van der Waals surface area contributed by atoms with E-state index < -0.39 is 71.2 Å². The second kappa shape index (κ2) is 34.5. The highest BCUT2D eigenvalue weighted by Crippen LogP contribution is 2.24. The summed E-state index contributed by atoms with van der Waals surface area (Å²) in [5.74, 6) is -1.97. The fourth-order valence-corrected chi connectivity index (χ4v) is 7.84. The predicted octanol–water partition coefficient (Wildman–Crippen LogP) is 8.90. The van der Waals surface area contributed by atoms with Gasteiger partial charge in [0, 0.05) is 12.8 Å². The Kier molecular flexibility index (Phi) is 32.5. The summed E-state index contributed by atoms with van der Waals surface area (Å²) in [6, 6.07) is 0. The quantitative estimate of drug-likeness (QED) is 0.0264. The van der Waals surface area contributed by atoms with Crippen LogP contribution in [0.5, 0.6) is 0 Å². The van der Waals surface area contributed by atoms with Gasteiger partial charge in [-0.15, -0.1) is 0 Å². The number of hydrogen-bond acceptors (Lipinski definition) is 11. The number of aliphatic hydroxyl groups excluding tert-OH is 3. The molecule has 0 bridgehead atoms. The van der Waals surface area contributed by atoms with Crippen molar-refractivity contribution >= 4 is 22.1 Å². The van der Waals surface area contributed by atoms with Crippen LogP contribution in [0.1, 0.15) is 206 Å². The van der Waals surface area contributed by atoms with Crippen molar-refractivity contribution in [3.8, 4) is 0 Å². The topological polar surface area (TPSA) is 186 Å². The molecule has 0 aromatic rings. The van der Waals surface area contributed by atoms with Crippen LogP contribution in [-0.4, -0.2) is 96.0 Å². The van der Waals surface area contributed by atoms with Crippen LogP contribution >= 0.6 is 0 Å². The van der Waals surface area contributed by atoms with Crippen LogP contribution in [0.15, 0.2) is 0 Å². The lowest BCUT2D eigenvalue weighted by molar-refractivity contribution is -0.297. The molecule has 1 aliphatic rings. The molecule has 0 aliphatic carbocycles. The molecule has 1 aliphatic heterocycles. The smallest absolute Gasteiger partial charge is 0.306 e. The largest absolute Gasteiger partial charge is 0.462 e. The minimum absolute atomic E-state index is 0.172. The summed E-state index contributed by atoms with van der Waals surface area (Å²) in [5, 5.41) is 30.8. The number of carbonyl (C=O) groups is 2. The first-order chi connectivity index (χ1) is 27.0. The molecule has 0 radical (unpaired) electrons. The molecular weight excluding hydrogens is 741 g/mol. The lowest BCUT2D eigenvalue weighted by Crippen LogP contribution is -2.60. The molecule has 0 aromatic carbocycles. The molecule has 0 spiro atoms. The number of ether oxygens (including phenoxy) is 4. The van der Waals surface area contributed by atoms with Gasteiger partial charge in [-0.3, -0.25) is 14.1 Å². The minimum atomic E-state index is -4.59. The zero-order valence-electron chi connectivity index (χ0n) is 35.3. The van der Waals surface area contributed by atoms with E-state index in [4.69, 9.17) is 18.9 Å². The van der Waals surface area contributed by atoms with Gasteiger partial charge in [0.15, 0.2) is 12.4 Å². The number of aliphatic hydroxyl groups is 3. The van der Waals surface area contributed by atoms with Gasteiger partial charge >= 0.3 is 11.9 Å². The lowest BCUT2D eigenvalue weighted by Gasteiger charge is -2.40. The van der Waals surface area contributed by atoms with Crippen molar-refractivity contribution in [1.82, 2.24) is 0 Å². The lowest BCUT2D eigenvalue weighted by atomic mass is 10.00. The predicted molar refractivity (Wildman–Crippen MR) is 220 cm³/mol. The van der Waals surface area contributed by atoms with E-state index in [0.29, 0.717) is 12.8 Å². The van der Waals surface area contributed by atoms with Gasteiger partial charge in [-0.25, -0.2) is 0 Å². The van der Waals surface area contributed by atoms with Gasteiger partial charge in [0.2, 0.25) is 0 Å². The summed E-state index contributed by atoms with van der Waals surface area (Å²) < 4.78 is 53.9. The van der Waals surface area contributed by atoms with E-state index in [-0.39, 0.29) is 19.4 Å². The van der Waals surface area contributed by atoms with Crippen LogP contribution in [-0.2, 0) is 38.7 Å². The molecule has 1 saturated heterocycles. The van der Waals surface area contributed by atoms with Gasteiger partial charge in [0.05, 0.1) is 6.61 Å². The van der Waals surface area contributed by atoms with Crippen LogP contribution in [0.3, 0.4) is 0 Å². The maximum absolute atomic E-state index is 12.8. The Bertz CT molecular complexity index is 1060. The molecule has 0 aromatic heterocycles. The molecule has 2 unspecified atom stereocenters. The first kappa shape index (κ1) is 52.7. The molecule has 1 rings (SSSR count). The van der Waals surface area contributed by atoms with E-state index in [0.717, 1.165) is 38.5 Å². The maximum Gasteiger partial charge on any atom is 0.306 e. The third kappa shape index (κ3) is 29.0. The zero-order valence-corrected chi connectivity index (χ0v) is 36.1. The standard InChI is InChI=1S/C43H82O12S/c1-3-5-7-9-11-12-13-14-15-16-17-18-19-20-21-22-23-24-26-28-30-32-39(45)54-36(33-52-38(44)31-29-27-25-10-8-6-4-2)34-53-43-42(48)41(47)40(46)37(55-43)35-56(49,50)51/h36-37,40-43,46-48H,3-35H2,1-2H3,(H,49,50,51)/t36-,37-,40-,41?,42?,43+/m1/s1. The monoisotopic (exact) mass is 823 g/mol. The molecule has 332 valence electrons. The van der Waals surface area contributed by atoms with Crippen molar-refractivity contribution in [3.05, 3.63) is 0 Å². The Balaban J connectivity index is 2.33. The van der Waals surface area contributed by atoms with Gasteiger partial charge in [-0.05, 0) is 12.8 Å². The molecule has 1 fully saturated rings. The minimum Gasteiger partial charge on any atom is -0.462 e. The van der Waals surface area contributed by atoms with Crippen molar-refractivity contribution in [2.24, 2.45) is 0 Å². The van der Waals surface area contributed by atoms with E-state index in [2.05, 4.69) is 13.8 Å². The summed E-state index contributed by atoms with van der Waals surface area (Å²) >= 11 is 0.